The molecule has 2 aromatic carbocycles. The molecule has 1 saturated heterocycles. The number of hydrogen-bond acceptors (Lipinski definition) is 5. The summed E-state index contributed by atoms with van der Waals surface area (Å²) in [5, 5.41) is 21.0. The minimum absolute atomic E-state index is 0.292. The van der Waals surface area contributed by atoms with Crippen LogP contribution >= 0.6 is 11.6 Å². The predicted molar refractivity (Wildman–Crippen MR) is 116 cm³/mol. The highest BCUT2D eigenvalue weighted by molar-refractivity contribution is 6.33. The van der Waals surface area contributed by atoms with Gasteiger partial charge in [-0.1, -0.05) is 29.8 Å². The SMILES string of the molecule is CCOc1ccc(Cc2cc(C3CC(O)CC(C(C)O)O3)c3c(c2Cl)OCC3)cc1. The Morgan fingerprint density at radius 3 is 2.70 bits per heavy atom. The van der Waals surface area contributed by atoms with Crippen LogP contribution in [0.5, 0.6) is 11.5 Å². The highest BCUT2D eigenvalue weighted by atomic mass is 35.5. The molecule has 30 heavy (non-hydrogen) atoms. The fourth-order valence-electron chi connectivity index (χ4n) is 4.36. The Balaban J connectivity index is 1.66. The van der Waals surface area contributed by atoms with Crippen molar-refractivity contribution in [1.82, 2.24) is 0 Å². The van der Waals surface area contributed by atoms with Crippen LogP contribution in [0.25, 0.3) is 0 Å². The first-order valence-electron chi connectivity index (χ1n) is 10.7. The van der Waals surface area contributed by atoms with Crippen molar-refractivity contribution in [2.24, 2.45) is 0 Å². The van der Waals surface area contributed by atoms with Crippen molar-refractivity contribution in [1.29, 1.82) is 0 Å². The van der Waals surface area contributed by atoms with Gasteiger partial charge in [-0.05, 0) is 49.1 Å². The van der Waals surface area contributed by atoms with E-state index < -0.39 is 12.2 Å². The van der Waals surface area contributed by atoms with Gasteiger partial charge in [0, 0.05) is 24.8 Å². The fourth-order valence-corrected chi connectivity index (χ4v) is 4.65. The first-order valence-corrected chi connectivity index (χ1v) is 11.0. The van der Waals surface area contributed by atoms with Crippen molar-refractivity contribution in [2.45, 2.75) is 63.9 Å². The van der Waals surface area contributed by atoms with E-state index in [0.29, 0.717) is 37.5 Å². The van der Waals surface area contributed by atoms with Crippen LogP contribution in [0.4, 0.5) is 0 Å². The van der Waals surface area contributed by atoms with Crippen LogP contribution in [0.15, 0.2) is 30.3 Å². The normalized spacial score (nSPS) is 24.2. The summed E-state index contributed by atoms with van der Waals surface area (Å²) in [5.41, 5.74) is 4.15. The summed E-state index contributed by atoms with van der Waals surface area (Å²) < 4.78 is 17.6. The average Bonchev–Trinajstić information content (AvgIpc) is 3.21. The first-order chi connectivity index (χ1) is 14.5. The van der Waals surface area contributed by atoms with Gasteiger partial charge in [0.25, 0.3) is 0 Å². The smallest absolute Gasteiger partial charge is 0.141 e. The van der Waals surface area contributed by atoms with Gasteiger partial charge in [-0.3, -0.25) is 0 Å². The average molecular weight is 433 g/mol. The second-order valence-electron chi connectivity index (χ2n) is 8.13. The number of aliphatic hydroxyl groups is 2. The lowest BCUT2D eigenvalue weighted by Crippen LogP contribution is -2.38. The van der Waals surface area contributed by atoms with Crippen LogP contribution in [-0.2, 0) is 17.6 Å². The molecule has 1 fully saturated rings. The largest absolute Gasteiger partial charge is 0.494 e. The molecule has 2 aliphatic rings. The standard InChI is InChI=1S/C24H29ClO5/c1-3-28-18-6-4-15(5-7-18)10-16-11-20(19-8-9-29-24(19)23(16)25)22-13-17(27)12-21(30-22)14(2)26/h4-7,11,14,17,21-22,26-27H,3,8-10,12-13H2,1-2H3. The zero-order valence-electron chi connectivity index (χ0n) is 17.4. The summed E-state index contributed by atoms with van der Waals surface area (Å²) in [4.78, 5) is 0. The second-order valence-corrected chi connectivity index (χ2v) is 8.51. The van der Waals surface area contributed by atoms with Crippen molar-refractivity contribution in [3.8, 4) is 11.5 Å². The summed E-state index contributed by atoms with van der Waals surface area (Å²) in [5.74, 6) is 1.58. The van der Waals surface area contributed by atoms with Crippen LogP contribution in [0.2, 0.25) is 5.02 Å². The Bertz CT molecular complexity index is 880. The maximum absolute atomic E-state index is 10.4. The van der Waals surface area contributed by atoms with E-state index in [4.69, 9.17) is 25.8 Å². The highest BCUT2D eigenvalue weighted by Gasteiger charge is 2.35. The molecular formula is C24H29ClO5. The number of halogens is 1. The molecule has 6 heteroatoms. The molecular weight excluding hydrogens is 404 g/mol. The van der Waals surface area contributed by atoms with Crippen molar-refractivity contribution in [3.05, 3.63) is 57.6 Å². The molecule has 0 bridgehead atoms. The zero-order chi connectivity index (χ0) is 21.3. The van der Waals surface area contributed by atoms with E-state index in [1.807, 2.05) is 31.2 Å². The zero-order valence-corrected chi connectivity index (χ0v) is 18.2. The molecule has 2 aliphatic heterocycles. The van der Waals surface area contributed by atoms with E-state index in [1.54, 1.807) is 6.92 Å². The van der Waals surface area contributed by atoms with E-state index >= 15 is 0 Å². The van der Waals surface area contributed by atoms with Gasteiger partial charge in [0.1, 0.15) is 11.5 Å². The number of aliphatic hydroxyl groups excluding tert-OH is 2. The number of hydrogen-bond donors (Lipinski definition) is 2. The van der Waals surface area contributed by atoms with Crippen molar-refractivity contribution < 1.29 is 24.4 Å². The minimum atomic E-state index is -0.637. The van der Waals surface area contributed by atoms with Crippen LogP contribution in [0, 0.1) is 0 Å². The molecule has 4 atom stereocenters. The van der Waals surface area contributed by atoms with Crippen molar-refractivity contribution in [3.63, 3.8) is 0 Å². The van der Waals surface area contributed by atoms with Gasteiger partial charge in [0.2, 0.25) is 0 Å². The van der Waals surface area contributed by atoms with Crippen LogP contribution in [0.1, 0.15) is 55.0 Å². The van der Waals surface area contributed by atoms with Gasteiger partial charge in [-0.25, -0.2) is 0 Å². The third-order valence-corrected chi connectivity index (χ3v) is 6.29. The summed E-state index contributed by atoms with van der Waals surface area (Å²) >= 11 is 6.72. The van der Waals surface area contributed by atoms with Gasteiger partial charge in [-0.15, -0.1) is 0 Å². The molecule has 2 N–H and O–H groups in total. The van der Waals surface area contributed by atoms with Crippen molar-refractivity contribution in [2.75, 3.05) is 13.2 Å². The lowest BCUT2D eigenvalue weighted by atomic mass is 9.89. The van der Waals surface area contributed by atoms with Gasteiger partial charge >= 0.3 is 0 Å². The van der Waals surface area contributed by atoms with E-state index in [2.05, 4.69) is 6.07 Å². The summed E-state index contributed by atoms with van der Waals surface area (Å²) in [6.07, 6.45) is 0.544. The molecule has 2 heterocycles. The summed E-state index contributed by atoms with van der Waals surface area (Å²) in [7, 11) is 0. The summed E-state index contributed by atoms with van der Waals surface area (Å²) in [6, 6.07) is 10.1. The lowest BCUT2D eigenvalue weighted by Gasteiger charge is -2.35. The Labute approximate surface area is 182 Å². The molecule has 0 saturated carbocycles. The molecule has 2 aromatic rings. The van der Waals surface area contributed by atoms with Crippen LogP contribution < -0.4 is 9.47 Å². The monoisotopic (exact) mass is 432 g/mol. The number of rotatable bonds is 6. The molecule has 0 amide bonds. The molecule has 5 nitrogen and oxygen atoms in total. The second kappa shape index (κ2) is 9.15. The number of benzene rings is 2. The molecule has 4 unspecified atom stereocenters. The van der Waals surface area contributed by atoms with Gasteiger partial charge in [-0.2, -0.15) is 0 Å². The Hall–Kier alpha value is -1.79. The Kier molecular flexibility index (Phi) is 6.54. The summed E-state index contributed by atoms with van der Waals surface area (Å²) in [6.45, 7) is 4.89. The third-order valence-electron chi connectivity index (χ3n) is 5.88. The highest BCUT2D eigenvalue weighted by Crippen LogP contribution is 2.44. The molecule has 4 rings (SSSR count). The lowest BCUT2D eigenvalue weighted by molar-refractivity contribution is -0.135. The Morgan fingerprint density at radius 2 is 2.00 bits per heavy atom. The maximum Gasteiger partial charge on any atom is 0.141 e. The molecule has 0 spiro atoms. The van der Waals surface area contributed by atoms with Gasteiger partial charge in [0.05, 0.1) is 42.7 Å². The number of ether oxygens (including phenoxy) is 3. The van der Waals surface area contributed by atoms with E-state index in [-0.39, 0.29) is 12.2 Å². The van der Waals surface area contributed by atoms with E-state index in [1.165, 1.54) is 0 Å². The quantitative estimate of drug-likeness (QED) is 0.715. The molecule has 0 aromatic heterocycles. The molecule has 162 valence electrons. The fraction of sp³-hybridized carbons (Fsp3) is 0.500. The number of fused-ring (bicyclic) bond motifs is 1. The van der Waals surface area contributed by atoms with Gasteiger partial charge < -0.3 is 24.4 Å². The maximum atomic E-state index is 10.4. The molecule has 0 aliphatic carbocycles. The van der Waals surface area contributed by atoms with Crippen LogP contribution in [-0.4, -0.2) is 41.7 Å². The Morgan fingerprint density at radius 1 is 1.23 bits per heavy atom. The third kappa shape index (κ3) is 4.45. The van der Waals surface area contributed by atoms with E-state index in [9.17, 15) is 10.2 Å². The van der Waals surface area contributed by atoms with Crippen LogP contribution in [0.3, 0.4) is 0 Å². The first kappa shape index (κ1) is 21.4. The molecule has 0 radical (unpaired) electrons. The van der Waals surface area contributed by atoms with Gasteiger partial charge in [0.15, 0.2) is 0 Å². The van der Waals surface area contributed by atoms with Crippen molar-refractivity contribution >= 4 is 11.6 Å². The topological polar surface area (TPSA) is 68.2 Å². The minimum Gasteiger partial charge on any atom is -0.494 e. The predicted octanol–water partition coefficient (Wildman–Crippen LogP) is 4.23. The van der Waals surface area contributed by atoms with E-state index in [0.717, 1.165) is 40.2 Å².